The number of hydrogen-bond donors (Lipinski definition) is 1. The molecule has 128 valence electrons. The zero-order chi connectivity index (χ0) is 17.3. The quantitative estimate of drug-likeness (QED) is 0.933. The van der Waals surface area contributed by atoms with Gasteiger partial charge < -0.3 is 5.73 Å². The highest BCUT2D eigenvalue weighted by Crippen LogP contribution is 2.35. The van der Waals surface area contributed by atoms with E-state index in [0.717, 1.165) is 35.6 Å². The van der Waals surface area contributed by atoms with Crippen LogP contribution in [-0.4, -0.2) is 32.9 Å². The summed E-state index contributed by atoms with van der Waals surface area (Å²) in [5.41, 5.74) is 10.2. The summed E-state index contributed by atoms with van der Waals surface area (Å²) >= 11 is 0. The van der Waals surface area contributed by atoms with Crippen molar-refractivity contribution in [3.63, 3.8) is 0 Å². The summed E-state index contributed by atoms with van der Waals surface area (Å²) in [4.78, 5) is 15.6. The maximum atomic E-state index is 5.60. The molecule has 0 aliphatic carbocycles. The van der Waals surface area contributed by atoms with Crippen LogP contribution < -0.4 is 5.73 Å². The van der Waals surface area contributed by atoms with E-state index in [2.05, 4.69) is 47.8 Å². The summed E-state index contributed by atoms with van der Waals surface area (Å²) < 4.78 is 0. The van der Waals surface area contributed by atoms with E-state index in [1.165, 1.54) is 12.8 Å². The summed E-state index contributed by atoms with van der Waals surface area (Å²) in [6, 6.07) is 4.67. The van der Waals surface area contributed by atoms with Gasteiger partial charge in [-0.3, -0.25) is 9.88 Å². The molecule has 0 unspecified atom stereocenters. The van der Waals surface area contributed by atoms with E-state index in [4.69, 9.17) is 10.7 Å². The number of hydrogen-bond acceptors (Lipinski definition) is 5. The highest BCUT2D eigenvalue weighted by molar-refractivity contribution is 5.62. The molecule has 0 radical (unpaired) electrons. The van der Waals surface area contributed by atoms with Crippen molar-refractivity contribution in [3.05, 3.63) is 35.9 Å². The second-order valence-electron chi connectivity index (χ2n) is 7.94. The number of pyridine rings is 1. The van der Waals surface area contributed by atoms with E-state index in [0.29, 0.717) is 17.4 Å². The molecule has 1 atom stereocenters. The molecule has 3 rings (SSSR count). The molecule has 0 spiro atoms. The maximum Gasteiger partial charge on any atom is 0.219 e. The first-order valence-electron chi connectivity index (χ1n) is 8.62. The van der Waals surface area contributed by atoms with Gasteiger partial charge in [0.2, 0.25) is 5.95 Å². The lowest BCUT2D eigenvalue weighted by Gasteiger charge is -2.31. The summed E-state index contributed by atoms with van der Waals surface area (Å²) in [6.07, 6.45) is 5.96. The molecular weight excluding hydrogens is 298 g/mol. The molecule has 1 aliphatic heterocycles. The largest absolute Gasteiger partial charge is 0.368 e. The van der Waals surface area contributed by atoms with Crippen molar-refractivity contribution in [3.8, 4) is 11.1 Å². The van der Waals surface area contributed by atoms with Gasteiger partial charge in [-0.2, -0.15) is 0 Å². The lowest BCUT2D eigenvalue weighted by molar-refractivity contribution is 0.176. The third kappa shape index (κ3) is 3.90. The third-order valence-electron chi connectivity index (χ3n) is 4.36. The van der Waals surface area contributed by atoms with Crippen LogP contribution >= 0.6 is 0 Å². The molecule has 2 N–H and O–H groups in total. The Bertz CT molecular complexity index is 703. The Morgan fingerprint density at radius 3 is 2.54 bits per heavy atom. The summed E-state index contributed by atoms with van der Waals surface area (Å²) in [7, 11) is 0. The fourth-order valence-corrected chi connectivity index (χ4v) is 3.48. The van der Waals surface area contributed by atoms with Crippen molar-refractivity contribution in [2.75, 3.05) is 18.8 Å². The van der Waals surface area contributed by atoms with Gasteiger partial charge >= 0.3 is 0 Å². The second-order valence-corrected chi connectivity index (χ2v) is 7.94. The minimum absolute atomic E-state index is 0.292. The van der Waals surface area contributed by atoms with Gasteiger partial charge in [0, 0.05) is 30.2 Å². The number of nitrogen functional groups attached to an aromatic ring is 1. The predicted octanol–water partition coefficient (Wildman–Crippen LogP) is 3.61. The smallest absolute Gasteiger partial charge is 0.219 e. The Hall–Kier alpha value is -2.01. The molecule has 0 aromatic carbocycles. The van der Waals surface area contributed by atoms with Gasteiger partial charge in [0.1, 0.15) is 0 Å². The van der Waals surface area contributed by atoms with Gasteiger partial charge in [-0.1, -0.05) is 20.8 Å². The van der Waals surface area contributed by atoms with E-state index in [1.54, 1.807) is 12.4 Å². The number of nitrogens with zero attached hydrogens (tertiary/aromatic N) is 4. The van der Waals surface area contributed by atoms with Gasteiger partial charge in [-0.05, 0) is 49.4 Å². The van der Waals surface area contributed by atoms with Crippen LogP contribution in [0.15, 0.2) is 24.5 Å². The molecule has 1 fully saturated rings. The lowest BCUT2D eigenvalue weighted by atomic mass is 9.95. The molecule has 24 heavy (non-hydrogen) atoms. The van der Waals surface area contributed by atoms with Crippen molar-refractivity contribution in [1.82, 2.24) is 19.9 Å². The first-order chi connectivity index (χ1) is 11.3. The van der Waals surface area contributed by atoms with E-state index < -0.39 is 0 Å². The number of rotatable bonds is 3. The van der Waals surface area contributed by atoms with Crippen LogP contribution in [-0.2, 0) is 0 Å². The lowest BCUT2D eigenvalue weighted by Crippen LogP contribution is -2.32. The molecule has 5 heteroatoms. The minimum atomic E-state index is 0.292. The van der Waals surface area contributed by atoms with Gasteiger partial charge in [0.25, 0.3) is 0 Å². The Morgan fingerprint density at radius 2 is 1.88 bits per heavy atom. The molecular formula is C19H27N5. The van der Waals surface area contributed by atoms with Crippen molar-refractivity contribution in [2.24, 2.45) is 5.41 Å². The number of likely N-dealkylation sites (tertiary alicyclic amines) is 1. The molecule has 2 aromatic rings. The Labute approximate surface area is 144 Å². The van der Waals surface area contributed by atoms with Crippen LogP contribution in [0.1, 0.15) is 51.0 Å². The number of nitrogens with two attached hydrogens (primary N) is 1. The molecule has 0 amide bonds. The zero-order valence-corrected chi connectivity index (χ0v) is 15.1. The highest BCUT2D eigenvalue weighted by atomic mass is 15.2. The van der Waals surface area contributed by atoms with Crippen molar-refractivity contribution in [1.29, 1.82) is 0 Å². The van der Waals surface area contributed by atoms with Gasteiger partial charge in [0.05, 0.1) is 11.7 Å². The van der Waals surface area contributed by atoms with E-state index in [-0.39, 0.29) is 0 Å². The van der Waals surface area contributed by atoms with Crippen LogP contribution in [0.2, 0.25) is 0 Å². The van der Waals surface area contributed by atoms with Crippen LogP contribution in [0.3, 0.4) is 0 Å². The fraction of sp³-hybridized carbons (Fsp3) is 0.526. The normalized spacial score (nSPS) is 18.9. The molecule has 5 nitrogen and oxygen atoms in total. The fourth-order valence-electron chi connectivity index (χ4n) is 3.48. The third-order valence-corrected chi connectivity index (χ3v) is 4.36. The Kier molecular flexibility index (Phi) is 4.54. The zero-order valence-electron chi connectivity index (χ0n) is 15.1. The second kappa shape index (κ2) is 6.48. The van der Waals surface area contributed by atoms with E-state index >= 15 is 0 Å². The van der Waals surface area contributed by atoms with Crippen LogP contribution in [0, 0.1) is 12.3 Å². The van der Waals surface area contributed by atoms with Gasteiger partial charge in [-0.15, -0.1) is 0 Å². The van der Waals surface area contributed by atoms with Crippen molar-refractivity contribution < 1.29 is 0 Å². The standard InChI is InChI=1S/C19H27N5/c1-13-8-14(15-10-21-18(20)22-11-15)9-16(23-13)17-6-5-7-24(17)12-19(2,3)4/h8-11,17H,5-7,12H2,1-4H3,(H2,20,21,22)/t17-/m1/s1. The average molecular weight is 325 g/mol. The van der Waals surface area contributed by atoms with E-state index in [1.807, 2.05) is 6.92 Å². The average Bonchev–Trinajstić information content (AvgIpc) is 2.93. The number of aryl methyl sites for hydroxylation is 1. The number of aromatic nitrogens is 3. The van der Waals surface area contributed by atoms with Crippen LogP contribution in [0.4, 0.5) is 5.95 Å². The summed E-state index contributed by atoms with van der Waals surface area (Å²) in [6.45, 7) is 11.2. The van der Waals surface area contributed by atoms with Gasteiger partial charge in [0.15, 0.2) is 0 Å². The Morgan fingerprint density at radius 1 is 1.17 bits per heavy atom. The summed E-state index contributed by atoms with van der Waals surface area (Å²) in [5.74, 6) is 0.303. The van der Waals surface area contributed by atoms with Crippen molar-refractivity contribution >= 4 is 5.95 Å². The monoisotopic (exact) mass is 325 g/mol. The predicted molar refractivity (Wildman–Crippen MR) is 97.4 cm³/mol. The SMILES string of the molecule is Cc1cc(-c2cnc(N)nc2)cc([C@H]2CCCN2CC(C)(C)C)n1. The molecule has 0 saturated carbocycles. The molecule has 3 heterocycles. The Balaban J connectivity index is 1.92. The molecule has 1 aliphatic rings. The number of anilines is 1. The molecule has 0 bridgehead atoms. The summed E-state index contributed by atoms with van der Waals surface area (Å²) in [5, 5.41) is 0. The highest BCUT2D eigenvalue weighted by Gasteiger charge is 2.30. The molecule has 1 saturated heterocycles. The van der Waals surface area contributed by atoms with E-state index in [9.17, 15) is 0 Å². The minimum Gasteiger partial charge on any atom is -0.368 e. The first kappa shape index (κ1) is 16.8. The molecule has 2 aromatic heterocycles. The van der Waals surface area contributed by atoms with Gasteiger partial charge in [-0.25, -0.2) is 9.97 Å². The van der Waals surface area contributed by atoms with Crippen LogP contribution in [0.5, 0.6) is 0 Å². The van der Waals surface area contributed by atoms with Crippen LogP contribution in [0.25, 0.3) is 11.1 Å². The maximum absolute atomic E-state index is 5.60. The van der Waals surface area contributed by atoms with Crippen molar-refractivity contribution in [2.45, 2.75) is 46.6 Å². The first-order valence-corrected chi connectivity index (χ1v) is 8.62. The topological polar surface area (TPSA) is 67.9 Å².